The lowest BCUT2D eigenvalue weighted by Gasteiger charge is -2.31. The van der Waals surface area contributed by atoms with Gasteiger partial charge in [-0.15, -0.1) is 0 Å². The first-order valence-corrected chi connectivity index (χ1v) is 7.36. The summed E-state index contributed by atoms with van der Waals surface area (Å²) in [4.78, 5) is 3.89. The molecule has 0 aromatic carbocycles. The first-order chi connectivity index (χ1) is 8.29. The van der Waals surface area contributed by atoms with E-state index in [1.807, 2.05) is 0 Å². The zero-order valence-corrected chi connectivity index (χ0v) is 11.7. The van der Waals surface area contributed by atoms with Crippen LogP contribution in [0.1, 0.15) is 12.8 Å². The fraction of sp³-hybridized carbons (Fsp3) is 0.583. The van der Waals surface area contributed by atoms with E-state index in [0.717, 1.165) is 11.0 Å². The Labute approximate surface area is 114 Å². The van der Waals surface area contributed by atoms with Gasteiger partial charge in [0.2, 0.25) is 5.88 Å². The van der Waals surface area contributed by atoms with Crippen molar-refractivity contribution < 1.29 is 9.13 Å². The maximum absolute atomic E-state index is 12.7. The Kier molecular flexibility index (Phi) is 4.97. The van der Waals surface area contributed by atoms with Crippen LogP contribution in [0.5, 0.6) is 5.88 Å². The maximum Gasteiger partial charge on any atom is 0.213 e. The van der Waals surface area contributed by atoms with Crippen molar-refractivity contribution >= 4 is 22.6 Å². The molecule has 0 bridgehead atoms. The molecule has 0 amide bonds. The Bertz CT molecular complexity index is 347. The van der Waals surface area contributed by atoms with Crippen molar-refractivity contribution in [2.45, 2.75) is 18.9 Å². The van der Waals surface area contributed by atoms with Gasteiger partial charge in [-0.2, -0.15) is 0 Å². The first kappa shape index (κ1) is 13.0. The van der Waals surface area contributed by atoms with Gasteiger partial charge < -0.3 is 10.1 Å². The van der Waals surface area contributed by atoms with Gasteiger partial charge in [-0.3, -0.25) is 0 Å². The van der Waals surface area contributed by atoms with E-state index in [4.69, 9.17) is 4.74 Å². The van der Waals surface area contributed by atoms with Crippen LogP contribution < -0.4 is 10.1 Å². The van der Waals surface area contributed by atoms with Crippen molar-refractivity contribution in [2.75, 3.05) is 17.6 Å². The SMILES string of the molecule is Fc1ccc(OC[C@H]2CCCNC2CI)nc1. The molecule has 1 aliphatic rings. The van der Waals surface area contributed by atoms with Crippen LogP contribution >= 0.6 is 22.6 Å². The molecule has 1 aromatic heterocycles. The summed E-state index contributed by atoms with van der Waals surface area (Å²) in [5, 5.41) is 3.50. The summed E-state index contributed by atoms with van der Waals surface area (Å²) in [6, 6.07) is 3.46. The molecule has 1 aliphatic heterocycles. The lowest BCUT2D eigenvalue weighted by atomic mass is 9.93. The van der Waals surface area contributed by atoms with Gasteiger partial charge in [0.15, 0.2) is 0 Å². The van der Waals surface area contributed by atoms with Gasteiger partial charge in [-0.05, 0) is 25.5 Å². The van der Waals surface area contributed by atoms with E-state index in [2.05, 4.69) is 32.9 Å². The van der Waals surface area contributed by atoms with Crippen LogP contribution in [0.25, 0.3) is 0 Å². The third kappa shape index (κ3) is 3.77. The van der Waals surface area contributed by atoms with Crippen LogP contribution in [0, 0.1) is 11.7 Å². The Morgan fingerprint density at radius 3 is 3.12 bits per heavy atom. The topological polar surface area (TPSA) is 34.1 Å². The van der Waals surface area contributed by atoms with Gasteiger partial charge >= 0.3 is 0 Å². The summed E-state index contributed by atoms with van der Waals surface area (Å²) in [6.45, 7) is 1.75. The second-order valence-electron chi connectivity index (χ2n) is 4.24. The first-order valence-electron chi connectivity index (χ1n) is 5.83. The number of halogens is 2. The number of nitrogens with one attached hydrogen (secondary N) is 1. The van der Waals surface area contributed by atoms with Gasteiger partial charge in [-0.1, -0.05) is 22.6 Å². The number of hydrogen-bond donors (Lipinski definition) is 1. The minimum Gasteiger partial charge on any atom is -0.477 e. The van der Waals surface area contributed by atoms with Crippen LogP contribution in [0.2, 0.25) is 0 Å². The average molecular weight is 350 g/mol. The quantitative estimate of drug-likeness (QED) is 0.669. The number of alkyl halides is 1. The van der Waals surface area contributed by atoms with E-state index in [-0.39, 0.29) is 5.82 Å². The van der Waals surface area contributed by atoms with Gasteiger partial charge in [0.05, 0.1) is 12.8 Å². The molecular weight excluding hydrogens is 334 g/mol. The van der Waals surface area contributed by atoms with E-state index in [1.54, 1.807) is 6.07 Å². The molecule has 94 valence electrons. The molecular formula is C12H16FIN2O. The summed E-state index contributed by atoms with van der Waals surface area (Å²) in [5.41, 5.74) is 0. The van der Waals surface area contributed by atoms with E-state index in [0.29, 0.717) is 24.4 Å². The summed E-state index contributed by atoms with van der Waals surface area (Å²) in [7, 11) is 0. The smallest absolute Gasteiger partial charge is 0.213 e. The third-order valence-electron chi connectivity index (χ3n) is 3.04. The normalized spacial score (nSPS) is 24.6. The Morgan fingerprint density at radius 2 is 2.41 bits per heavy atom. The molecule has 3 nitrogen and oxygen atoms in total. The second-order valence-corrected chi connectivity index (χ2v) is 5.12. The van der Waals surface area contributed by atoms with Crippen molar-refractivity contribution in [2.24, 2.45) is 5.92 Å². The van der Waals surface area contributed by atoms with Gasteiger partial charge in [0, 0.05) is 22.5 Å². The number of pyridine rings is 1. The average Bonchev–Trinajstić information content (AvgIpc) is 2.38. The van der Waals surface area contributed by atoms with Gasteiger partial charge in [0.1, 0.15) is 5.82 Å². The van der Waals surface area contributed by atoms with Crippen molar-refractivity contribution in [3.05, 3.63) is 24.1 Å². The highest BCUT2D eigenvalue weighted by Gasteiger charge is 2.24. The number of hydrogen-bond acceptors (Lipinski definition) is 3. The molecule has 5 heteroatoms. The minimum absolute atomic E-state index is 0.332. The zero-order chi connectivity index (χ0) is 12.1. The van der Waals surface area contributed by atoms with Gasteiger partial charge in [0.25, 0.3) is 0 Å². The van der Waals surface area contributed by atoms with Crippen molar-refractivity contribution in [3.63, 3.8) is 0 Å². The lowest BCUT2D eigenvalue weighted by Crippen LogP contribution is -2.44. The fourth-order valence-electron chi connectivity index (χ4n) is 2.04. The van der Waals surface area contributed by atoms with E-state index < -0.39 is 0 Å². The monoisotopic (exact) mass is 350 g/mol. The number of piperidine rings is 1. The molecule has 1 fully saturated rings. The van der Waals surface area contributed by atoms with Crippen LogP contribution in [0.15, 0.2) is 18.3 Å². The van der Waals surface area contributed by atoms with Crippen LogP contribution in [0.4, 0.5) is 4.39 Å². The van der Waals surface area contributed by atoms with Crippen molar-refractivity contribution in [1.82, 2.24) is 10.3 Å². The summed E-state index contributed by atoms with van der Waals surface area (Å²) < 4.78 is 19.4. The Balaban J connectivity index is 1.86. The number of ether oxygens (including phenoxy) is 1. The third-order valence-corrected chi connectivity index (χ3v) is 3.99. The predicted octanol–water partition coefficient (Wildman–Crippen LogP) is 2.40. The summed E-state index contributed by atoms with van der Waals surface area (Å²) >= 11 is 2.40. The molecule has 17 heavy (non-hydrogen) atoms. The molecule has 1 aromatic rings. The molecule has 1 unspecified atom stereocenters. The summed E-state index contributed by atoms with van der Waals surface area (Å²) in [5.74, 6) is 0.693. The number of aromatic nitrogens is 1. The Morgan fingerprint density at radius 1 is 1.53 bits per heavy atom. The van der Waals surface area contributed by atoms with E-state index in [1.165, 1.54) is 25.1 Å². The molecule has 1 saturated heterocycles. The molecule has 2 heterocycles. The molecule has 0 spiro atoms. The zero-order valence-electron chi connectivity index (χ0n) is 9.53. The summed E-state index contributed by atoms with van der Waals surface area (Å²) in [6.07, 6.45) is 3.56. The lowest BCUT2D eigenvalue weighted by molar-refractivity contribution is 0.181. The van der Waals surface area contributed by atoms with Gasteiger partial charge in [-0.25, -0.2) is 9.37 Å². The largest absolute Gasteiger partial charge is 0.477 e. The number of nitrogens with zero attached hydrogens (tertiary/aromatic N) is 1. The molecule has 2 rings (SSSR count). The highest BCUT2D eigenvalue weighted by atomic mass is 127. The van der Waals surface area contributed by atoms with E-state index in [9.17, 15) is 4.39 Å². The van der Waals surface area contributed by atoms with Crippen molar-refractivity contribution in [3.8, 4) is 5.88 Å². The van der Waals surface area contributed by atoms with Crippen LogP contribution in [-0.2, 0) is 0 Å². The maximum atomic E-state index is 12.7. The molecule has 1 N–H and O–H groups in total. The van der Waals surface area contributed by atoms with Crippen LogP contribution in [0.3, 0.4) is 0 Å². The second kappa shape index (κ2) is 6.49. The highest BCUT2D eigenvalue weighted by Crippen LogP contribution is 2.19. The minimum atomic E-state index is -0.332. The standard InChI is InChI=1S/C12H16FIN2O/c13-10-3-4-12(16-7-10)17-8-9-2-1-5-15-11(9)6-14/h3-4,7,9,11,15H,1-2,5-6,8H2/t9-,11?/m1/s1. The Hall–Kier alpha value is -0.430. The predicted molar refractivity (Wildman–Crippen MR) is 73.1 cm³/mol. The van der Waals surface area contributed by atoms with Crippen molar-refractivity contribution in [1.29, 1.82) is 0 Å². The molecule has 0 radical (unpaired) electrons. The fourth-order valence-corrected chi connectivity index (χ4v) is 3.07. The molecule has 0 aliphatic carbocycles. The van der Waals surface area contributed by atoms with Crippen LogP contribution in [-0.4, -0.2) is 28.6 Å². The molecule has 0 saturated carbocycles. The number of rotatable bonds is 4. The highest BCUT2D eigenvalue weighted by molar-refractivity contribution is 14.1. The molecule has 2 atom stereocenters. The van der Waals surface area contributed by atoms with E-state index >= 15 is 0 Å².